The maximum absolute atomic E-state index is 5.55. The van der Waals surface area contributed by atoms with Crippen LogP contribution in [0.4, 0.5) is 0 Å². The summed E-state index contributed by atoms with van der Waals surface area (Å²) in [7, 11) is 0. The Balaban J connectivity index is 4.64. The molecule has 0 unspecified atom stereocenters. The number of ether oxygens (including phenoxy) is 1. The fraction of sp³-hybridized carbons (Fsp3) is 0.286. The average Bonchev–Trinajstić information content (AvgIpc) is 2.27. The van der Waals surface area contributed by atoms with E-state index in [1.807, 2.05) is 39.0 Å². The molecule has 82 valence electrons. The lowest BCUT2D eigenvalue weighted by Gasteiger charge is -2.11. The molecule has 0 atom stereocenters. The van der Waals surface area contributed by atoms with E-state index in [0.717, 1.165) is 17.8 Å². The Kier molecular flexibility index (Phi) is 7.08. The Bertz CT molecular complexity index is 303. The lowest BCUT2D eigenvalue weighted by atomic mass is 10.1. The molecule has 0 bridgehead atoms. The lowest BCUT2D eigenvalue weighted by molar-refractivity contribution is 0.329. The minimum atomic E-state index is 0.572. The number of hydrogen-bond donors (Lipinski definition) is 0. The van der Waals surface area contributed by atoms with Gasteiger partial charge in [0.1, 0.15) is 11.5 Å². The maximum atomic E-state index is 5.55. The van der Waals surface area contributed by atoms with Gasteiger partial charge in [0, 0.05) is 0 Å². The van der Waals surface area contributed by atoms with Crippen LogP contribution in [-0.4, -0.2) is 0 Å². The van der Waals surface area contributed by atoms with Crippen molar-refractivity contribution in [2.75, 3.05) is 0 Å². The first-order valence-electron chi connectivity index (χ1n) is 5.11. The Morgan fingerprint density at radius 3 is 2.27 bits per heavy atom. The molecule has 0 heterocycles. The third-order valence-electron chi connectivity index (χ3n) is 1.97. The molecule has 1 heteroatoms. The van der Waals surface area contributed by atoms with Crippen molar-refractivity contribution in [1.29, 1.82) is 0 Å². The molecule has 0 saturated heterocycles. The van der Waals surface area contributed by atoms with Crippen LogP contribution in [0.3, 0.4) is 0 Å². The molecule has 0 spiro atoms. The number of rotatable bonds is 6. The molecule has 0 fully saturated rings. The molecule has 0 aromatic heterocycles. The molecule has 0 N–H and O–H groups in total. The summed E-state index contributed by atoms with van der Waals surface area (Å²) in [6.45, 7) is 13.3. The van der Waals surface area contributed by atoms with Crippen LogP contribution >= 0.6 is 0 Å². The van der Waals surface area contributed by atoms with Gasteiger partial charge in [-0.25, -0.2) is 0 Å². The number of hydrogen-bond acceptors (Lipinski definition) is 1. The molecular formula is C14H20O. The smallest absolute Gasteiger partial charge is 0.126 e. The summed E-state index contributed by atoms with van der Waals surface area (Å²) in [6.07, 6.45) is 10.6. The highest BCUT2D eigenvalue weighted by Gasteiger charge is 2.03. The van der Waals surface area contributed by atoms with Crippen molar-refractivity contribution < 1.29 is 4.74 Å². The van der Waals surface area contributed by atoms with E-state index >= 15 is 0 Å². The Morgan fingerprint density at radius 2 is 1.87 bits per heavy atom. The number of allylic oxidation sites excluding steroid dienone is 6. The maximum Gasteiger partial charge on any atom is 0.126 e. The van der Waals surface area contributed by atoms with Crippen molar-refractivity contribution in [2.24, 2.45) is 0 Å². The van der Waals surface area contributed by atoms with Gasteiger partial charge in [-0.1, -0.05) is 31.4 Å². The van der Waals surface area contributed by atoms with Gasteiger partial charge in [0.25, 0.3) is 0 Å². The van der Waals surface area contributed by atoms with Crippen molar-refractivity contribution >= 4 is 0 Å². The van der Waals surface area contributed by atoms with Gasteiger partial charge in [0.05, 0.1) is 0 Å². The van der Waals surface area contributed by atoms with Crippen LogP contribution in [0.15, 0.2) is 60.6 Å². The van der Waals surface area contributed by atoms with E-state index in [9.17, 15) is 0 Å². The van der Waals surface area contributed by atoms with Crippen LogP contribution in [-0.2, 0) is 4.74 Å². The molecule has 0 radical (unpaired) electrons. The van der Waals surface area contributed by atoms with Gasteiger partial charge in [-0.2, -0.15) is 0 Å². The third kappa shape index (κ3) is 5.06. The summed E-state index contributed by atoms with van der Waals surface area (Å²) in [5.41, 5.74) is 1.15. The van der Waals surface area contributed by atoms with Crippen LogP contribution in [0.1, 0.15) is 27.2 Å². The summed E-state index contributed by atoms with van der Waals surface area (Å²) >= 11 is 0. The van der Waals surface area contributed by atoms with Gasteiger partial charge < -0.3 is 4.74 Å². The van der Waals surface area contributed by atoms with E-state index in [4.69, 9.17) is 4.74 Å². The molecule has 1 nitrogen and oxygen atoms in total. The van der Waals surface area contributed by atoms with Crippen LogP contribution in [0.2, 0.25) is 0 Å². The van der Waals surface area contributed by atoms with Crippen molar-refractivity contribution in [3.05, 3.63) is 60.6 Å². The summed E-state index contributed by atoms with van der Waals surface area (Å²) in [5, 5.41) is 0. The zero-order valence-corrected chi connectivity index (χ0v) is 9.92. The second kappa shape index (κ2) is 7.86. The standard InChI is InChI=1S/C14H20O/c1-6-10-11-13(8-3)14(9-4)15-12(5)7-2/h6-10H,2,5,11H2,1,3-4H3/b10-6-,13-8-,14-9+. The first-order chi connectivity index (χ1) is 7.19. The van der Waals surface area contributed by atoms with Crippen LogP contribution < -0.4 is 0 Å². The van der Waals surface area contributed by atoms with E-state index in [2.05, 4.69) is 19.2 Å². The van der Waals surface area contributed by atoms with Gasteiger partial charge in [0.15, 0.2) is 0 Å². The van der Waals surface area contributed by atoms with E-state index in [1.165, 1.54) is 0 Å². The summed E-state index contributed by atoms with van der Waals surface area (Å²) in [6, 6.07) is 0. The minimum absolute atomic E-state index is 0.572. The van der Waals surface area contributed by atoms with E-state index in [0.29, 0.717) is 5.76 Å². The minimum Gasteiger partial charge on any atom is -0.458 e. The van der Waals surface area contributed by atoms with E-state index < -0.39 is 0 Å². The third-order valence-corrected chi connectivity index (χ3v) is 1.97. The van der Waals surface area contributed by atoms with Gasteiger partial charge in [-0.15, -0.1) is 0 Å². The summed E-state index contributed by atoms with van der Waals surface area (Å²) < 4.78 is 5.55. The SMILES string of the molecule is C=CC(=C)OC(=C/C)/C(=C\C)C/C=C\C. The Labute approximate surface area is 93.1 Å². The lowest BCUT2D eigenvalue weighted by Crippen LogP contribution is -1.94. The molecule has 0 saturated carbocycles. The summed E-state index contributed by atoms with van der Waals surface area (Å²) in [5.74, 6) is 1.42. The van der Waals surface area contributed by atoms with Crippen LogP contribution in [0.5, 0.6) is 0 Å². The fourth-order valence-electron chi connectivity index (χ4n) is 1.10. The zero-order chi connectivity index (χ0) is 11.7. The van der Waals surface area contributed by atoms with Crippen molar-refractivity contribution in [1.82, 2.24) is 0 Å². The highest BCUT2D eigenvalue weighted by Crippen LogP contribution is 2.19. The summed E-state index contributed by atoms with van der Waals surface area (Å²) in [4.78, 5) is 0. The van der Waals surface area contributed by atoms with Crippen molar-refractivity contribution in [3.63, 3.8) is 0 Å². The zero-order valence-electron chi connectivity index (χ0n) is 9.92. The van der Waals surface area contributed by atoms with Gasteiger partial charge in [-0.05, 0) is 44.9 Å². The monoisotopic (exact) mass is 204 g/mol. The van der Waals surface area contributed by atoms with Crippen molar-refractivity contribution in [3.8, 4) is 0 Å². The molecule has 0 aliphatic rings. The quantitative estimate of drug-likeness (QED) is 0.351. The van der Waals surface area contributed by atoms with E-state index in [1.54, 1.807) is 6.08 Å². The average molecular weight is 204 g/mol. The van der Waals surface area contributed by atoms with Gasteiger partial charge in [-0.3, -0.25) is 0 Å². The molecule has 0 aliphatic heterocycles. The van der Waals surface area contributed by atoms with Gasteiger partial charge in [0.2, 0.25) is 0 Å². The molecule has 0 amide bonds. The predicted molar refractivity (Wildman–Crippen MR) is 67.4 cm³/mol. The van der Waals surface area contributed by atoms with Crippen LogP contribution in [0, 0.1) is 0 Å². The topological polar surface area (TPSA) is 9.23 Å². The molecule has 15 heavy (non-hydrogen) atoms. The van der Waals surface area contributed by atoms with Crippen LogP contribution in [0.25, 0.3) is 0 Å². The first kappa shape index (κ1) is 13.5. The van der Waals surface area contributed by atoms with Crippen molar-refractivity contribution in [2.45, 2.75) is 27.2 Å². The van der Waals surface area contributed by atoms with E-state index in [-0.39, 0.29) is 0 Å². The largest absolute Gasteiger partial charge is 0.458 e. The Hall–Kier alpha value is -1.50. The first-order valence-corrected chi connectivity index (χ1v) is 5.11. The Morgan fingerprint density at radius 1 is 1.20 bits per heavy atom. The predicted octanol–water partition coefficient (Wildman–Crippen LogP) is 4.52. The highest BCUT2D eigenvalue weighted by atomic mass is 16.5. The molecular weight excluding hydrogens is 184 g/mol. The molecule has 0 rings (SSSR count). The second-order valence-electron chi connectivity index (χ2n) is 3.01. The fourth-order valence-corrected chi connectivity index (χ4v) is 1.10. The second-order valence-corrected chi connectivity index (χ2v) is 3.01. The van der Waals surface area contributed by atoms with Gasteiger partial charge >= 0.3 is 0 Å². The molecule has 0 aromatic rings. The molecule has 0 aromatic carbocycles. The normalized spacial score (nSPS) is 13.0. The highest BCUT2D eigenvalue weighted by molar-refractivity contribution is 5.29. The molecule has 0 aliphatic carbocycles.